The Morgan fingerprint density at radius 2 is 1.24 bits per heavy atom. The van der Waals surface area contributed by atoms with E-state index in [0.717, 1.165) is 41.8 Å². The van der Waals surface area contributed by atoms with Crippen molar-refractivity contribution >= 4 is 29.0 Å². The number of anilines is 1. The quantitative estimate of drug-likeness (QED) is 0.507. The molecule has 6 heteroatoms. The molecule has 170 valence electrons. The van der Waals surface area contributed by atoms with Crippen LogP contribution >= 0.6 is 11.8 Å². The van der Waals surface area contributed by atoms with Gasteiger partial charge < -0.3 is 14.7 Å². The van der Waals surface area contributed by atoms with Gasteiger partial charge in [0.2, 0.25) is 0 Å². The van der Waals surface area contributed by atoms with Crippen molar-refractivity contribution in [1.29, 1.82) is 0 Å². The van der Waals surface area contributed by atoms with Crippen LogP contribution in [0, 0.1) is 0 Å². The van der Waals surface area contributed by atoms with Gasteiger partial charge in [-0.25, -0.2) is 0 Å². The SMILES string of the molecule is CC(C)(O)C(=O)c1ccc(Sc2ccc(C(=O)c3ccc(N4CCOCC4)cc3)cc2)cc1. The van der Waals surface area contributed by atoms with E-state index in [1.54, 1.807) is 23.9 Å². The zero-order valence-electron chi connectivity index (χ0n) is 18.8. The van der Waals surface area contributed by atoms with Crippen LogP contribution in [0.15, 0.2) is 82.6 Å². The Morgan fingerprint density at radius 3 is 1.73 bits per heavy atom. The van der Waals surface area contributed by atoms with Gasteiger partial charge in [0.05, 0.1) is 13.2 Å². The van der Waals surface area contributed by atoms with E-state index in [-0.39, 0.29) is 11.6 Å². The van der Waals surface area contributed by atoms with Crippen molar-refractivity contribution in [2.45, 2.75) is 29.2 Å². The minimum absolute atomic E-state index is 0.00504. The van der Waals surface area contributed by atoms with E-state index in [1.165, 1.54) is 13.8 Å². The maximum Gasteiger partial charge on any atom is 0.193 e. The number of hydrogen-bond donors (Lipinski definition) is 1. The Hall–Kier alpha value is -2.93. The van der Waals surface area contributed by atoms with Crippen LogP contribution in [0.2, 0.25) is 0 Å². The van der Waals surface area contributed by atoms with Crippen molar-refractivity contribution in [3.8, 4) is 0 Å². The Labute approximate surface area is 198 Å². The second-order valence-electron chi connectivity index (χ2n) is 8.51. The third kappa shape index (κ3) is 5.71. The van der Waals surface area contributed by atoms with Gasteiger partial charge in [0.15, 0.2) is 11.6 Å². The van der Waals surface area contributed by atoms with Crippen molar-refractivity contribution in [2.75, 3.05) is 31.2 Å². The minimum atomic E-state index is -1.39. The topological polar surface area (TPSA) is 66.8 Å². The van der Waals surface area contributed by atoms with Gasteiger partial charge in [-0.05, 0) is 74.5 Å². The zero-order chi connectivity index (χ0) is 23.4. The molecular formula is C27H27NO4S. The molecule has 0 amide bonds. The number of ether oxygens (including phenoxy) is 1. The largest absolute Gasteiger partial charge is 0.382 e. The molecule has 1 fully saturated rings. The molecule has 5 nitrogen and oxygen atoms in total. The first-order valence-corrected chi connectivity index (χ1v) is 11.8. The second-order valence-corrected chi connectivity index (χ2v) is 9.66. The summed E-state index contributed by atoms with van der Waals surface area (Å²) in [5, 5.41) is 9.88. The number of carbonyl (C=O) groups excluding carboxylic acids is 2. The van der Waals surface area contributed by atoms with Gasteiger partial charge in [0, 0.05) is 45.3 Å². The second kappa shape index (κ2) is 9.91. The number of aliphatic hydroxyl groups is 1. The summed E-state index contributed by atoms with van der Waals surface area (Å²) in [6, 6.07) is 22.5. The summed E-state index contributed by atoms with van der Waals surface area (Å²) in [6.07, 6.45) is 0. The van der Waals surface area contributed by atoms with E-state index in [4.69, 9.17) is 4.74 Å². The lowest BCUT2D eigenvalue weighted by Gasteiger charge is -2.28. The maximum atomic E-state index is 12.9. The molecule has 1 aliphatic heterocycles. The highest BCUT2D eigenvalue weighted by atomic mass is 32.2. The average Bonchev–Trinajstić information content (AvgIpc) is 2.84. The van der Waals surface area contributed by atoms with Crippen LogP contribution in [0.1, 0.15) is 40.1 Å². The third-order valence-electron chi connectivity index (χ3n) is 5.53. The summed E-state index contributed by atoms with van der Waals surface area (Å²) in [6.45, 7) is 6.16. The monoisotopic (exact) mass is 461 g/mol. The van der Waals surface area contributed by atoms with Crippen LogP contribution in [0.4, 0.5) is 5.69 Å². The fraction of sp³-hybridized carbons (Fsp3) is 0.259. The number of nitrogens with zero attached hydrogens (tertiary/aromatic N) is 1. The molecule has 33 heavy (non-hydrogen) atoms. The number of hydrogen-bond acceptors (Lipinski definition) is 6. The van der Waals surface area contributed by atoms with Crippen molar-refractivity contribution in [2.24, 2.45) is 0 Å². The number of benzene rings is 3. The van der Waals surface area contributed by atoms with Gasteiger partial charge in [-0.2, -0.15) is 0 Å². The summed E-state index contributed by atoms with van der Waals surface area (Å²) in [4.78, 5) is 29.3. The Kier molecular flexibility index (Phi) is 6.98. The summed E-state index contributed by atoms with van der Waals surface area (Å²) >= 11 is 1.55. The minimum Gasteiger partial charge on any atom is -0.382 e. The number of carbonyl (C=O) groups is 2. The van der Waals surface area contributed by atoms with Gasteiger partial charge in [0.25, 0.3) is 0 Å². The molecule has 1 saturated heterocycles. The molecule has 0 bridgehead atoms. The fourth-order valence-electron chi connectivity index (χ4n) is 3.65. The molecule has 3 aromatic rings. The lowest BCUT2D eigenvalue weighted by Crippen LogP contribution is -2.36. The highest BCUT2D eigenvalue weighted by molar-refractivity contribution is 7.99. The Balaban J connectivity index is 1.39. The molecule has 1 aliphatic rings. The predicted octanol–water partition coefficient (Wildman–Crippen LogP) is 4.86. The van der Waals surface area contributed by atoms with Crippen LogP contribution in [0.3, 0.4) is 0 Å². The van der Waals surface area contributed by atoms with Gasteiger partial charge in [-0.1, -0.05) is 23.9 Å². The molecule has 0 unspecified atom stereocenters. The summed E-state index contributed by atoms with van der Waals surface area (Å²) in [7, 11) is 0. The van der Waals surface area contributed by atoms with Crippen LogP contribution in [0.5, 0.6) is 0 Å². The van der Waals surface area contributed by atoms with Crippen LogP contribution in [-0.4, -0.2) is 48.6 Å². The smallest absolute Gasteiger partial charge is 0.193 e. The van der Waals surface area contributed by atoms with E-state index in [0.29, 0.717) is 16.7 Å². The van der Waals surface area contributed by atoms with Gasteiger partial charge >= 0.3 is 0 Å². The average molecular weight is 462 g/mol. The molecule has 0 aliphatic carbocycles. The Bertz CT molecular complexity index is 1110. The third-order valence-corrected chi connectivity index (χ3v) is 6.55. The molecular weight excluding hydrogens is 434 g/mol. The first kappa shape index (κ1) is 23.2. The van der Waals surface area contributed by atoms with Crippen LogP contribution < -0.4 is 4.90 Å². The Morgan fingerprint density at radius 1 is 0.788 bits per heavy atom. The molecule has 0 atom stereocenters. The van der Waals surface area contributed by atoms with Crippen molar-refractivity contribution in [1.82, 2.24) is 0 Å². The molecule has 4 rings (SSSR count). The number of morpholine rings is 1. The maximum absolute atomic E-state index is 12.9. The summed E-state index contributed by atoms with van der Waals surface area (Å²) < 4.78 is 5.39. The van der Waals surface area contributed by atoms with Crippen molar-refractivity contribution < 1.29 is 19.4 Å². The van der Waals surface area contributed by atoms with E-state index >= 15 is 0 Å². The van der Waals surface area contributed by atoms with Gasteiger partial charge in [-0.3, -0.25) is 9.59 Å². The first-order valence-electron chi connectivity index (χ1n) is 10.9. The summed E-state index contributed by atoms with van der Waals surface area (Å²) in [5.41, 5.74) is 1.51. The molecule has 1 heterocycles. The molecule has 0 spiro atoms. The highest BCUT2D eigenvalue weighted by Crippen LogP contribution is 2.29. The zero-order valence-corrected chi connectivity index (χ0v) is 19.6. The predicted molar refractivity (Wildman–Crippen MR) is 131 cm³/mol. The lowest BCUT2D eigenvalue weighted by atomic mass is 9.97. The van der Waals surface area contributed by atoms with E-state index in [1.807, 2.05) is 60.7 Å². The van der Waals surface area contributed by atoms with E-state index < -0.39 is 5.60 Å². The summed E-state index contributed by atoms with van der Waals surface area (Å²) in [5.74, 6) is -0.311. The number of ketones is 2. The van der Waals surface area contributed by atoms with Gasteiger partial charge in [-0.15, -0.1) is 0 Å². The lowest BCUT2D eigenvalue weighted by molar-refractivity contribution is 0.0488. The van der Waals surface area contributed by atoms with Crippen LogP contribution in [0.25, 0.3) is 0 Å². The molecule has 1 N–H and O–H groups in total. The molecule has 0 aromatic heterocycles. The number of Topliss-reactive ketones (excluding diaryl/α,β-unsaturated/α-hetero) is 1. The first-order chi connectivity index (χ1) is 15.8. The normalized spacial score (nSPS) is 14.2. The number of rotatable bonds is 7. The van der Waals surface area contributed by atoms with E-state index in [9.17, 15) is 14.7 Å². The van der Waals surface area contributed by atoms with Crippen molar-refractivity contribution in [3.63, 3.8) is 0 Å². The van der Waals surface area contributed by atoms with E-state index in [2.05, 4.69) is 4.90 Å². The fourth-order valence-corrected chi connectivity index (χ4v) is 4.47. The molecule has 0 radical (unpaired) electrons. The standard InChI is InChI=1S/C27H27NO4S/c1-27(2,31)26(30)21-7-13-24(14-8-21)33-23-11-5-20(6-12-23)25(29)19-3-9-22(10-4-19)28-15-17-32-18-16-28/h3-14,31H,15-18H2,1-2H3. The van der Waals surface area contributed by atoms with Crippen LogP contribution in [-0.2, 0) is 4.74 Å². The molecule has 0 saturated carbocycles. The molecule has 3 aromatic carbocycles. The highest BCUT2D eigenvalue weighted by Gasteiger charge is 2.25. The van der Waals surface area contributed by atoms with Crippen molar-refractivity contribution in [3.05, 3.63) is 89.5 Å². The van der Waals surface area contributed by atoms with Gasteiger partial charge in [0.1, 0.15) is 5.60 Å².